The lowest BCUT2D eigenvalue weighted by molar-refractivity contribution is 0.130. The molecule has 1 fully saturated rings. The highest BCUT2D eigenvalue weighted by atomic mass is 19.1. The third kappa shape index (κ3) is 3.81. The first-order valence-corrected chi connectivity index (χ1v) is 11.6. The average molecular weight is 477 g/mol. The second-order valence-corrected chi connectivity index (χ2v) is 9.67. The van der Waals surface area contributed by atoms with Crippen molar-refractivity contribution in [2.24, 2.45) is 5.92 Å². The zero-order chi connectivity index (χ0) is 24.3. The summed E-state index contributed by atoms with van der Waals surface area (Å²) in [6.45, 7) is 2.76. The number of fused-ring (bicyclic) bond motifs is 5. The van der Waals surface area contributed by atoms with Crippen molar-refractivity contribution in [3.63, 3.8) is 0 Å². The van der Waals surface area contributed by atoms with Gasteiger partial charge in [0.05, 0.1) is 17.5 Å². The Morgan fingerprint density at radius 1 is 1.09 bits per heavy atom. The molecule has 4 aromatic rings. The second-order valence-electron chi connectivity index (χ2n) is 9.67. The van der Waals surface area contributed by atoms with Crippen molar-refractivity contribution in [1.29, 1.82) is 0 Å². The molecule has 0 aliphatic carbocycles. The molecule has 2 aromatic carbocycles. The molecular formula is C26H26F2N6O. The molecule has 1 saturated heterocycles. The number of aliphatic hydroxyl groups is 1. The number of anilines is 1. The lowest BCUT2D eigenvalue weighted by Gasteiger charge is -2.21. The summed E-state index contributed by atoms with van der Waals surface area (Å²) in [7, 11) is 4.04. The zero-order valence-electron chi connectivity index (χ0n) is 19.6. The summed E-state index contributed by atoms with van der Waals surface area (Å²) in [5, 5.41) is 15.0. The Balaban J connectivity index is 1.38. The number of halogens is 2. The molecule has 1 N–H and O–H groups in total. The number of rotatable bonds is 4. The van der Waals surface area contributed by atoms with E-state index in [1.54, 1.807) is 4.68 Å². The fourth-order valence-corrected chi connectivity index (χ4v) is 5.29. The summed E-state index contributed by atoms with van der Waals surface area (Å²) >= 11 is 0. The largest absolute Gasteiger partial charge is 0.391 e. The van der Waals surface area contributed by atoms with Crippen LogP contribution in [0.5, 0.6) is 0 Å². The van der Waals surface area contributed by atoms with Crippen LogP contribution in [0.3, 0.4) is 0 Å². The molecule has 9 heteroatoms. The lowest BCUT2D eigenvalue weighted by Crippen LogP contribution is -2.29. The number of hydrogen-bond acceptors (Lipinski definition) is 5. The molecule has 7 nitrogen and oxygen atoms in total. The summed E-state index contributed by atoms with van der Waals surface area (Å²) < 4.78 is 31.8. The van der Waals surface area contributed by atoms with Gasteiger partial charge in [0.15, 0.2) is 5.82 Å². The van der Waals surface area contributed by atoms with Crippen molar-refractivity contribution < 1.29 is 13.9 Å². The molecule has 2 atom stereocenters. The number of β-amino-alcohol motifs (C(OH)–C–C–N with tert-alkyl or cyclic N) is 1. The maximum absolute atomic E-state index is 14.5. The van der Waals surface area contributed by atoms with Crippen molar-refractivity contribution in [2.45, 2.75) is 12.6 Å². The summed E-state index contributed by atoms with van der Waals surface area (Å²) in [5.74, 6) is -0.356. The van der Waals surface area contributed by atoms with E-state index in [0.29, 0.717) is 30.0 Å². The highest BCUT2D eigenvalue weighted by molar-refractivity contribution is 5.72. The van der Waals surface area contributed by atoms with E-state index in [2.05, 4.69) is 32.0 Å². The van der Waals surface area contributed by atoms with Gasteiger partial charge in [-0.15, -0.1) is 0 Å². The molecule has 35 heavy (non-hydrogen) atoms. The Morgan fingerprint density at radius 2 is 1.94 bits per heavy atom. The van der Waals surface area contributed by atoms with E-state index in [1.807, 2.05) is 37.0 Å². The molecule has 0 spiro atoms. The van der Waals surface area contributed by atoms with Crippen LogP contribution in [-0.4, -0.2) is 69.2 Å². The normalized spacial score (nSPS) is 19.0. The van der Waals surface area contributed by atoms with Crippen LogP contribution in [0.2, 0.25) is 0 Å². The van der Waals surface area contributed by atoms with Crippen LogP contribution in [0.15, 0.2) is 55.0 Å². The SMILES string of the molecule is CN(C)C[C@@H]1CN(c2ccc3c(c2)Cn2cc(-c4ccc(F)cc4F)cc2-c2ncnn2-3)C[C@@H]1O. The number of hydrogen-bond donors (Lipinski definition) is 1. The van der Waals surface area contributed by atoms with Crippen molar-refractivity contribution in [2.75, 3.05) is 38.6 Å². The van der Waals surface area contributed by atoms with E-state index in [4.69, 9.17) is 0 Å². The third-order valence-electron chi connectivity index (χ3n) is 6.92. The molecule has 4 heterocycles. The molecule has 2 aliphatic heterocycles. The average Bonchev–Trinajstić information content (AvgIpc) is 3.51. The zero-order valence-corrected chi connectivity index (χ0v) is 19.6. The minimum atomic E-state index is -0.604. The summed E-state index contributed by atoms with van der Waals surface area (Å²) in [6.07, 6.45) is 3.01. The first kappa shape index (κ1) is 21.9. The van der Waals surface area contributed by atoms with Crippen molar-refractivity contribution >= 4 is 5.69 Å². The van der Waals surface area contributed by atoms with Gasteiger partial charge in [-0.3, -0.25) is 0 Å². The fourth-order valence-electron chi connectivity index (χ4n) is 5.29. The van der Waals surface area contributed by atoms with E-state index in [9.17, 15) is 13.9 Å². The van der Waals surface area contributed by atoms with Crippen LogP contribution in [-0.2, 0) is 6.54 Å². The predicted molar refractivity (Wildman–Crippen MR) is 130 cm³/mol. The van der Waals surface area contributed by atoms with Crippen LogP contribution in [0, 0.1) is 17.6 Å². The van der Waals surface area contributed by atoms with Crippen LogP contribution >= 0.6 is 0 Å². The van der Waals surface area contributed by atoms with Crippen molar-refractivity contribution in [1.82, 2.24) is 24.2 Å². The molecule has 180 valence electrons. The highest BCUT2D eigenvalue weighted by Crippen LogP contribution is 2.36. The Bertz CT molecular complexity index is 1410. The Kier molecular flexibility index (Phi) is 5.19. The molecule has 2 aliphatic rings. The van der Waals surface area contributed by atoms with Crippen molar-refractivity contribution in [3.8, 4) is 28.3 Å². The fraction of sp³-hybridized carbons (Fsp3) is 0.308. The first-order valence-electron chi connectivity index (χ1n) is 11.6. The minimum absolute atomic E-state index is 0.190. The quantitative estimate of drug-likeness (QED) is 0.431. The number of aromatic nitrogens is 4. The maximum Gasteiger partial charge on any atom is 0.179 e. The number of benzene rings is 2. The number of nitrogens with zero attached hydrogens (tertiary/aromatic N) is 6. The van der Waals surface area contributed by atoms with Gasteiger partial charge in [0.2, 0.25) is 0 Å². The highest BCUT2D eigenvalue weighted by Gasteiger charge is 2.32. The molecule has 0 amide bonds. The monoisotopic (exact) mass is 476 g/mol. The predicted octanol–water partition coefficient (Wildman–Crippen LogP) is 3.40. The molecule has 6 rings (SSSR count). The van der Waals surface area contributed by atoms with Crippen LogP contribution in [0.25, 0.3) is 28.3 Å². The number of aliphatic hydroxyl groups excluding tert-OH is 1. The summed E-state index contributed by atoms with van der Waals surface area (Å²) in [6, 6.07) is 11.7. The lowest BCUT2D eigenvalue weighted by atomic mass is 10.1. The molecule has 0 bridgehead atoms. The van der Waals surface area contributed by atoms with Crippen molar-refractivity contribution in [3.05, 3.63) is 72.2 Å². The molecule has 0 radical (unpaired) electrons. The van der Waals surface area contributed by atoms with Gasteiger partial charge in [0, 0.05) is 61.2 Å². The molecule has 0 saturated carbocycles. The summed E-state index contributed by atoms with van der Waals surface area (Å²) in [4.78, 5) is 8.81. The van der Waals surface area contributed by atoms with Gasteiger partial charge in [-0.25, -0.2) is 18.4 Å². The van der Waals surface area contributed by atoms with Crippen LogP contribution in [0.4, 0.5) is 14.5 Å². The van der Waals surface area contributed by atoms with E-state index in [0.717, 1.165) is 41.8 Å². The third-order valence-corrected chi connectivity index (χ3v) is 6.92. The topological polar surface area (TPSA) is 62.3 Å². The Morgan fingerprint density at radius 3 is 2.74 bits per heavy atom. The van der Waals surface area contributed by atoms with Gasteiger partial charge in [-0.2, -0.15) is 5.10 Å². The van der Waals surface area contributed by atoms with Gasteiger partial charge in [0.1, 0.15) is 18.0 Å². The van der Waals surface area contributed by atoms with Gasteiger partial charge in [0.25, 0.3) is 0 Å². The second kappa shape index (κ2) is 8.28. The standard InChI is InChI=1S/C26H26F2N6O/c1-31(2)10-18-13-32(14-25(18)35)20-4-6-23-17(7-20)12-33-11-16(21-5-3-19(27)9-22(21)28)8-24(33)26-29-15-30-34(23)26/h3-9,11,15,18,25,35H,10,12-14H2,1-2H3/t18-,25+/m1/s1. The molecule has 0 unspecified atom stereocenters. The van der Waals surface area contributed by atoms with Gasteiger partial charge in [-0.1, -0.05) is 0 Å². The van der Waals surface area contributed by atoms with E-state index < -0.39 is 11.6 Å². The van der Waals surface area contributed by atoms with Crippen LogP contribution in [0.1, 0.15) is 5.56 Å². The summed E-state index contributed by atoms with van der Waals surface area (Å²) in [5.41, 5.74) is 4.82. The van der Waals surface area contributed by atoms with E-state index >= 15 is 0 Å². The van der Waals surface area contributed by atoms with Crippen LogP contribution < -0.4 is 4.90 Å². The molecular weight excluding hydrogens is 450 g/mol. The smallest absolute Gasteiger partial charge is 0.179 e. The minimum Gasteiger partial charge on any atom is -0.391 e. The maximum atomic E-state index is 14.5. The van der Waals surface area contributed by atoms with E-state index in [-0.39, 0.29) is 12.0 Å². The first-order chi connectivity index (χ1) is 16.9. The molecule has 2 aromatic heterocycles. The Labute approximate surface area is 201 Å². The van der Waals surface area contributed by atoms with Gasteiger partial charge < -0.3 is 19.5 Å². The van der Waals surface area contributed by atoms with E-state index in [1.165, 1.54) is 18.5 Å². The van der Waals surface area contributed by atoms with Gasteiger partial charge in [-0.05, 0) is 56.1 Å². The van der Waals surface area contributed by atoms with Gasteiger partial charge >= 0.3 is 0 Å². The Hall–Kier alpha value is -3.56.